The van der Waals surface area contributed by atoms with E-state index in [0.29, 0.717) is 23.4 Å². The van der Waals surface area contributed by atoms with Crippen molar-refractivity contribution in [2.45, 2.75) is 85.4 Å². The number of hydrogen-bond donors (Lipinski definition) is 1. The number of allylic oxidation sites excluding steroid dienone is 1. The molecule has 10 nitrogen and oxygen atoms in total. The Bertz CT molecular complexity index is 1430. The van der Waals surface area contributed by atoms with Gasteiger partial charge < -0.3 is 24.1 Å². The van der Waals surface area contributed by atoms with E-state index in [1.165, 1.54) is 0 Å². The lowest BCUT2D eigenvalue weighted by Gasteiger charge is -2.32. The van der Waals surface area contributed by atoms with Crippen LogP contribution >= 0.6 is 0 Å². The zero-order valence-corrected chi connectivity index (χ0v) is 27.5. The highest BCUT2D eigenvalue weighted by Crippen LogP contribution is 2.36. The third kappa shape index (κ3) is 12.1. The van der Waals surface area contributed by atoms with Crippen LogP contribution in [0.15, 0.2) is 65.7 Å². The van der Waals surface area contributed by atoms with Crippen molar-refractivity contribution in [3.8, 4) is 17.1 Å². The molecule has 0 saturated carbocycles. The summed E-state index contributed by atoms with van der Waals surface area (Å²) in [6, 6.07) is 13.7. The Labute approximate surface area is 267 Å². The van der Waals surface area contributed by atoms with Gasteiger partial charge in [-0.2, -0.15) is 18.2 Å². The normalized spacial score (nSPS) is 14.5. The SMILES string of the molecule is C=CC.CC(C)(C)OC(=O)N1Cc2ccc(-c3noc(C(F)(F)F)n3)cc2OCC1c1ccccc1.CCNC(=O)OC(C)(C)C. The molecule has 0 saturated heterocycles. The molecule has 1 aliphatic heterocycles. The van der Waals surface area contributed by atoms with E-state index in [4.69, 9.17) is 14.2 Å². The Morgan fingerprint density at radius 3 is 2.17 bits per heavy atom. The first kappa shape index (κ1) is 37.6. The number of ether oxygens (including phenoxy) is 3. The summed E-state index contributed by atoms with van der Waals surface area (Å²) in [6.45, 7) is 18.9. The van der Waals surface area contributed by atoms with Gasteiger partial charge in [0.15, 0.2) is 0 Å². The molecule has 0 bridgehead atoms. The minimum Gasteiger partial charge on any atom is -0.491 e. The van der Waals surface area contributed by atoms with E-state index in [0.717, 1.165) is 5.56 Å². The van der Waals surface area contributed by atoms with Gasteiger partial charge in [-0.05, 0) is 67.0 Å². The number of fused-ring (bicyclic) bond motifs is 1. The largest absolute Gasteiger partial charge is 0.491 e. The summed E-state index contributed by atoms with van der Waals surface area (Å²) >= 11 is 0. The van der Waals surface area contributed by atoms with E-state index in [-0.39, 0.29) is 30.7 Å². The number of benzene rings is 2. The summed E-state index contributed by atoms with van der Waals surface area (Å²) < 4.78 is 59.3. The molecule has 0 spiro atoms. The molecule has 13 heteroatoms. The van der Waals surface area contributed by atoms with Gasteiger partial charge in [-0.25, -0.2) is 9.59 Å². The fraction of sp³-hybridized carbons (Fsp3) is 0.455. The van der Waals surface area contributed by atoms with Crippen LogP contribution in [0.5, 0.6) is 5.75 Å². The lowest BCUT2D eigenvalue weighted by Crippen LogP contribution is -2.39. The minimum absolute atomic E-state index is 0.125. The molecule has 4 rings (SSSR count). The Morgan fingerprint density at radius 2 is 1.65 bits per heavy atom. The summed E-state index contributed by atoms with van der Waals surface area (Å²) in [7, 11) is 0. The molecule has 0 fully saturated rings. The van der Waals surface area contributed by atoms with Gasteiger partial charge in [-0.3, -0.25) is 4.90 Å². The van der Waals surface area contributed by atoms with Crippen LogP contribution in [0.2, 0.25) is 0 Å². The van der Waals surface area contributed by atoms with Gasteiger partial charge in [0.25, 0.3) is 0 Å². The second-order valence-corrected chi connectivity index (χ2v) is 12.0. The van der Waals surface area contributed by atoms with Crippen LogP contribution in [0.4, 0.5) is 22.8 Å². The number of aromatic nitrogens is 2. The number of alkyl carbamates (subject to hydrolysis) is 1. The average molecular weight is 649 g/mol. The molecule has 3 aromatic rings. The van der Waals surface area contributed by atoms with Crippen LogP contribution in [0, 0.1) is 0 Å². The second-order valence-electron chi connectivity index (χ2n) is 12.0. The molecule has 1 atom stereocenters. The van der Waals surface area contributed by atoms with Crippen molar-refractivity contribution in [1.82, 2.24) is 20.4 Å². The Morgan fingerprint density at radius 1 is 1.04 bits per heavy atom. The smallest absolute Gasteiger partial charge is 0.471 e. The Kier molecular flexibility index (Phi) is 13.2. The first-order chi connectivity index (χ1) is 21.4. The predicted molar refractivity (Wildman–Crippen MR) is 167 cm³/mol. The van der Waals surface area contributed by atoms with Crippen LogP contribution in [0.25, 0.3) is 11.4 Å². The third-order valence-electron chi connectivity index (χ3n) is 5.64. The van der Waals surface area contributed by atoms with Gasteiger partial charge in [-0.15, -0.1) is 6.58 Å². The van der Waals surface area contributed by atoms with Gasteiger partial charge in [0.1, 0.15) is 23.6 Å². The number of alkyl halides is 3. The summed E-state index contributed by atoms with van der Waals surface area (Å²) in [5.41, 5.74) is 0.758. The number of nitrogens with zero attached hydrogens (tertiary/aromatic N) is 3. The van der Waals surface area contributed by atoms with E-state index in [9.17, 15) is 22.8 Å². The topological polar surface area (TPSA) is 116 Å². The standard InChI is InChI=1S/C23H22F3N3O4.C7H15NO2.C3H6/c1-22(2,3)32-21(30)29-12-16-10-9-15(19-27-20(33-28-19)23(24,25)26)11-18(16)31-13-17(29)14-7-5-4-6-8-14;1-5-8-6(9)10-7(2,3)4;1-3-2/h4-11,17H,12-13H2,1-3H3;5H2,1-4H3,(H,8,9);3H,1H2,2H3. The van der Waals surface area contributed by atoms with E-state index in [1.807, 2.05) is 65.0 Å². The van der Waals surface area contributed by atoms with Crippen LogP contribution in [0.3, 0.4) is 0 Å². The van der Waals surface area contributed by atoms with Crippen molar-refractivity contribution in [2.24, 2.45) is 0 Å². The number of carbonyl (C=O) groups excluding carboxylic acids is 2. The third-order valence-corrected chi connectivity index (χ3v) is 5.64. The number of halogens is 3. The minimum atomic E-state index is -4.73. The van der Waals surface area contributed by atoms with Gasteiger partial charge in [0, 0.05) is 17.7 Å². The molecule has 1 unspecified atom stereocenters. The van der Waals surface area contributed by atoms with Crippen molar-refractivity contribution in [3.63, 3.8) is 0 Å². The van der Waals surface area contributed by atoms with Gasteiger partial charge in [0.05, 0.1) is 12.6 Å². The highest BCUT2D eigenvalue weighted by Gasteiger charge is 2.39. The zero-order valence-electron chi connectivity index (χ0n) is 27.5. The lowest BCUT2D eigenvalue weighted by atomic mass is 10.1. The van der Waals surface area contributed by atoms with Crippen molar-refractivity contribution in [1.29, 1.82) is 0 Å². The number of hydrogen-bond acceptors (Lipinski definition) is 8. The van der Waals surface area contributed by atoms with Crippen LogP contribution in [0.1, 0.15) is 78.4 Å². The quantitative estimate of drug-likeness (QED) is 0.282. The molecule has 1 aliphatic rings. The second kappa shape index (κ2) is 16.1. The maximum Gasteiger partial charge on any atom is 0.471 e. The first-order valence-corrected chi connectivity index (χ1v) is 14.6. The molecule has 0 aliphatic carbocycles. The van der Waals surface area contributed by atoms with Gasteiger partial charge >= 0.3 is 24.3 Å². The molecule has 2 aromatic carbocycles. The molecular formula is C33H43F3N4O6. The predicted octanol–water partition coefficient (Wildman–Crippen LogP) is 8.35. The number of nitrogens with one attached hydrogen (secondary N) is 1. The van der Waals surface area contributed by atoms with E-state index >= 15 is 0 Å². The van der Waals surface area contributed by atoms with E-state index < -0.39 is 29.8 Å². The number of rotatable bonds is 3. The maximum absolute atomic E-state index is 13.1. The fourth-order valence-corrected chi connectivity index (χ4v) is 3.89. The van der Waals surface area contributed by atoms with Gasteiger partial charge in [-0.1, -0.05) is 53.7 Å². The molecule has 46 heavy (non-hydrogen) atoms. The zero-order chi connectivity index (χ0) is 34.7. The number of amides is 2. The monoisotopic (exact) mass is 648 g/mol. The Hall–Kier alpha value is -4.55. The molecule has 2 amide bonds. The molecule has 1 N–H and O–H groups in total. The number of carbonyl (C=O) groups is 2. The van der Waals surface area contributed by atoms with Crippen molar-refractivity contribution >= 4 is 12.2 Å². The van der Waals surface area contributed by atoms with E-state index in [2.05, 4.69) is 26.6 Å². The van der Waals surface area contributed by atoms with Crippen molar-refractivity contribution in [2.75, 3.05) is 13.2 Å². The average Bonchev–Trinajstić information content (AvgIpc) is 3.36. The molecule has 252 valence electrons. The molecule has 1 aromatic heterocycles. The van der Waals surface area contributed by atoms with Crippen molar-refractivity contribution in [3.05, 3.63) is 78.2 Å². The van der Waals surface area contributed by atoms with Crippen molar-refractivity contribution < 1.29 is 41.5 Å². The van der Waals surface area contributed by atoms with Gasteiger partial charge in [0.2, 0.25) is 5.82 Å². The highest BCUT2D eigenvalue weighted by molar-refractivity contribution is 5.70. The summed E-state index contributed by atoms with van der Waals surface area (Å²) in [4.78, 5) is 28.8. The maximum atomic E-state index is 13.1. The fourth-order valence-electron chi connectivity index (χ4n) is 3.89. The van der Waals surface area contributed by atoms with Crippen LogP contribution in [-0.4, -0.2) is 51.6 Å². The molecular weight excluding hydrogens is 605 g/mol. The highest BCUT2D eigenvalue weighted by atomic mass is 19.4. The van der Waals surface area contributed by atoms with Crippen LogP contribution in [-0.2, 0) is 22.2 Å². The molecule has 0 radical (unpaired) electrons. The lowest BCUT2D eigenvalue weighted by molar-refractivity contribution is -0.159. The van der Waals surface area contributed by atoms with Crippen LogP contribution < -0.4 is 10.1 Å². The summed E-state index contributed by atoms with van der Waals surface area (Å²) in [5.74, 6) is -1.21. The first-order valence-electron chi connectivity index (χ1n) is 14.6. The summed E-state index contributed by atoms with van der Waals surface area (Å²) in [6.07, 6.45) is -3.83. The molecule has 2 heterocycles. The summed E-state index contributed by atoms with van der Waals surface area (Å²) in [5, 5.41) is 5.97. The Balaban J connectivity index is 0.000000480. The van der Waals surface area contributed by atoms with E-state index in [1.54, 1.807) is 49.9 Å².